The van der Waals surface area contributed by atoms with Crippen LogP contribution in [0.5, 0.6) is 5.75 Å². The van der Waals surface area contributed by atoms with Crippen molar-refractivity contribution in [3.63, 3.8) is 0 Å². The molecular formula is C18H14ClN3O4. The van der Waals surface area contributed by atoms with Gasteiger partial charge in [-0.05, 0) is 30.3 Å². The normalized spacial score (nSPS) is 17.5. The molecule has 132 valence electrons. The van der Waals surface area contributed by atoms with Gasteiger partial charge in [-0.2, -0.15) is 0 Å². The summed E-state index contributed by atoms with van der Waals surface area (Å²) in [5, 5.41) is 2.51. The SMILES string of the molecule is COc1ccc(N=CC2C(=O)NC(=O)N(c3ccccc3)C2=O)cc1Cl. The first-order chi connectivity index (χ1) is 12.5. The van der Waals surface area contributed by atoms with E-state index in [4.69, 9.17) is 16.3 Å². The number of hydrogen-bond acceptors (Lipinski definition) is 5. The van der Waals surface area contributed by atoms with E-state index in [0.29, 0.717) is 22.1 Å². The van der Waals surface area contributed by atoms with Crippen LogP contribution in [0.4, 0.5) is 16.2 Å². The van der Waals surface area contributed by atoms with Crippen molar-refractivity contribution in [2.45, 2.75) is 0 Å². The molecule has 2 aromatic carbocycles. The Labute approximate surface area is 154 Å². The Morgan fingerprint density at radius 3 is 2.54 bits per heavy atom. The minimum absolute atomic E-state index is 0.350. The van der Waals surface area contributed by atoms with E-state index < -0.39 is 23.8 Å². The second-order valence-corrected chi connectivity index (χ2v) is 5.79. The molecule has 1 N–H and O–H groups in total. The number of carbonyl (C=O) groups is 3. The monoisotopic (exact) mass is 371 g/mol. The molecule has 2 aromatic rings. The molecule has 1 aliphatic rings. The van der Waals surface area contributed by atoms with Gasteiger partial charge in [-0.1, -0.05) is 29.8 Å². The van der Waals surface area contributed by atoms with Gasteiger partial charge in [0, 0.05) is 6.21 Å². The van der Waals surface area contributed by atoms with E-state index in [9.17, 15) is 14.4 Å². The van der Waals surface area contributed by atoms with Crippen LogP contribution < -0.4 is 15.0 Å². The van der Waals surface area contributed by atoms with E-state index in [0.717, 1.165) is 4.90 Å². The highest BCUT2D eigenvalue weighted by molar-refractivity contribution is 6.33. The molecule has 1 aliphatic heterocycles. The second kappa shape index (κ2) is 7.37. The molecule has 3 rings (SSSR count). The fraction of sp³-hybridized carbons (Fsp3) is 0.111. The van der Waals surface area contributed by atoms with E-state index in [1.165, 1.54) is 13.3 Å². The van der Waals surface area contributed by atoms with E-state index in [2.05, 4.69) is 10.3 Å². The average Bonchev–Trinajstić information content (AvgIpc) is 2.62. The van der Waals surface area contributed by atoms with Crippen LogP contribution in [0.25, 0.3) is 0 Å². The number of benzene rings is 2. The van der Waals surface area contributed by atoms with Crippen molar-refractivity contribution in [2.75, 3.05) is 12.0 Å². The number of rotatable bonds is 4. The summed E-state index contributed by atoms with van der Waals surface area (Å²) in [6.07, 6.45) is 1.19. The number of carbonyl (C=O) groups excluding carboxylic acids is 3. The summed E-state index contributed by atoms with van der Waals surface area (Å²) >= 11 is 6.03. The zero-order valence-electron chi connectivity index (χ0n) is 13.7. The number of imide groups is 2. The fourth-order valence-corrected chi connectivity index (χ4v) is 2.69. The molecule has 0 radical (unpaired) electrons. The lowest BCUT2D eigenvalue weighted by Gasteiger charge is -2.28. The van der Waals surface area contributed by atoms with Crippen LogP contribution in [0.15, 0.2) is 53.5 Å². The number of hydrogen-bond donors (Lipinski definition) is 1. The largest absolute Gasteiger partial charge is 0.495 e. The van der Waals surface area contributed by atoms with Crippen LogP contribution >= 0.6 is 11.6 Å². The van der Waals surface area contributed by atoms with Crippen LogP contribution in [0, 0.1) is 5.92 Å². The molecule has 1 heterocycles. The van der Waals surface area contributed by atoms with Gasteiger partial charge in [0.05, 0.1) is 23.5 Å². The van der Waals surface area contributed by atoms with Crippen LogP contribution in [-0.4, -0.2) is 31.2 Å². The summed E-state index contributed by atoms with van der Waals surface area (Å²) in [6.45, 7) is 0. The van der Waals surface area contributed by atoms with E-state index in [1.807, 2.05) is 0 Å². The molecule has 1 atom stereocenters. The lowest BCUT2D eigenvalue weighted by Crippen LogP contribution is -2.58. The summed E-state index contributed by atoms with van der Waals surface area (Å²) in [5.74, 6) is -2.14. The Balaban J connectivity index is 1.86. The first-order valence-corrected chi connectivity index (χ1v) is 8.00. The number of anilines is 1. The quantitative estimate of drug-likeness (QED) is 0.661. The predicted octanol–water partition coefficient (Wildman–Crippen LogP) is 2.95. The molecule has 4 amide bonds. The van der Waals surface area contributed by atoms with Crippen molar-refractivity contribution < 1.29 is 19.1 Å². The number of barbiturate groups is 1. The molecule has 0 bridgehead atoms. The van der Waals surface area contributed by atoms with E-state index in [-0.39, 0.29) is 0 Å². The minimum atomic E-state index is -1.23. The van der Waals surface area contributed by atoms with Gasteiger partial charge in [-0.15, -0.1) is 0 Å². The third kappa shape index (κ3) is 3.43. The summed E-state index contributed by atoms with van der Waals surface area (Å²) in [6, 6.07) is 12.3. The zero-order valence-corrected chi connectivity index (χ0v) is 14.4. The van der Waals surface area contributed by atoms with Crippen molar-refractivity contribution in [3.8, 4) is 5.75 Å². The van der Waals surface area contributed by atoms with Gasteiger partial charge in [0.25, 0.3) is 5.91 Å². The lowest BCUT2D eigenvalue weighted by atomic mass is 10.1. The van der Waals surface area contributed by atoms with Crippen molar-refractivity contribution in [1.29, 1.82) is 0 Å². The zero-order chi connectivity index (χ0) is 18.7. The van der Waals surface area contributed by atoms with E-state index in [1.54, 1.807) is 48.5 Å². The smallest absolute Gasteiger partial charge is 0.335 e. The molecule has 1 fully saturated rings. The molecule has 7 nitrogen and oxygen atoms in total. The highest BCUT2D eigenvalue weighted by atomic mass is 35.5. The minimum Gasteiger partial charge on any atom is -0.495 e. The Hall–Kier alpha value is -3.19. The van der Waals surface area contributed by atoms with Gasteiger partial charge >= 0.3 is 6.03 Å². The third-order valence-corrected chi connectivity index (χ3v) is 4.02. The molecule has 26 heavy (non-hydrogen) atoms. The number of halogens is 1. The van der Waals surface area contributed by atoms with Gasteiger partial charge < -0.3 is 4.74 Å². The van der Waals surface area contributed by atoms with Crippen molar-refractivity contribution in [1.82, 2.24) is 5.32 Å². The Morgan fingerprint density at radius 2 is 1.88 bits per heavy atom. The van der Waals surface area contributed by atoms with E-state index >= 15 is 0 Å². The first-order valence-electron chi connectivity index (χ1n) is 7.63. The number of para-hydroxylation sites is 1. The number of methoxy groups -OCH3 is 1. The van der Waals surface area contributed by atoms with Gasteiger partial charge in [0.15, 0.2) is 5.92 Å². The first kappa shape index (κ1) is 17.6. The number of nitrogens with zero attached hydrogens (tertiary/aromatic N) is 2. The van der Waals surface area contributed by atoms with Crippen molar-refractivity contribution >= 4 is 47.0 Å². The summed E-state index contributed by atoms with van der Waals surface area (Å²) in [4.78, 5) is 41.8. The maximum Gasteiger partial charge on any atom is 0.335 e. The number of urea groups is 1. The molecule has 0 spiro atoms. The molecular weight excluding hydrogens is 358 g/mol. The Kier molecular flexibility index (Phi) is 4.99. The molecule has 1 unspecified atom stereocenters. The maximum absolute atomic E-state index is 12.6. The van der Waals surface area contributed by atoms with Crippen LogP contribution in [-0.2, 0) is 9.59 Å². The Bertz CT molecular complexity index is 899. The van der Waals surface area contributed by atoms with Crippen molar-refractivity contribution in [3.05, 3.63) is 53.6 Å². The number of amides is 4. The number of nitrogens with one attached hydrogen (secondary N) is 1. The molecule has 0 aromatic heterocycles. The highest BCUT2D eigenvalue weighted by Gasteiger charge is 2.40. The third-order valence-electron chi connectivity index (χ3n) is 3.72. The second-order valence-electron chi connectivity index (χ2n) is 5.38. The predicted molar refractivity (Wildman–Crippen MR) is 97.1 cm³/mol. The van der Waals surface area contributed by atoms with Crippen LogP contribution in [0.3, 0.4) is 0 Å². The number of ether oxygens (including phenoxy) is 1. The summed E-state index contributed by atoms with van der Waals surface area (Å²) in [5.41, 5.74) is 0.813. The number of aliphatic imine (C=N–C) groups is 1. The van der Waals surface area contributed by atoms with Gasteiger partial charge in [0.1, 0.15) is 5.75 Å². The van der Waals surface area contributed by atoms with Gasteiger partial charge in [-0.25, -0.2) is 9.69 Å². The van der Waals surface area contributed by atoms with Crippen LogP contribution in [0.1, 0.15) is 0 Å². The maximum atomic E-state index is 12.6. The Morgan fingerprint density at radius 1 is 1.15 bits per heavy atom. The fourth-order valence-electron chi connectivity index (χ4n) is 2.44. The lowest BCUT2D eigenvalue weighted by molar-refractivity contribution is -0.131. The van der Waals surface area contributed by atoms with Crippen molar-refractivity contribution in [2.24, 2.45) is 10.9 Å². The standard InChI is InChI=1S/C18H14ClN3O4/c1-26-15-8-7-11(9-14(15)19)20-10-13-16(23)21-18(25)22(17(13)24)12-5-3-2-4-6-12/h2-10,13H,1H3,(H,21,23,25). The molecule has 0 saturated carbocycles. The average molecular weight is 372 g/mol. The topological polar surface area (TPSA) is 88.1 Å². The summed E-state index contributed by atoms with van der Waals surface area (Å²) in [7, 11) is 1.49. The van der Waals surface area contributed by atoms with Gasteiger partial charge in [0.2, 0.25) is 5.91 Å². The molecule has 1 saturated heterocycles. The molecule has 8 heteroatoms. The van der Waals surface area contributed by atoms with Crippen LogP contribution in [0.2, 0.25) is 5.02 Å². The summed E-state index contributed by atoms with van der Waals surface area (Å²) < 4.78 is 5.06. The molecule has 0 aliphatic carbocycles. The van der Waals surface area contributed by atoms with Gasteiger partial charge in [-0.3, -0.25) is 19.9 Å². The highest BCUT2D eigenvalue weighted by Crippen LogP contribution is 2.28.